The molecule has 2 aromatic heterocycles. The molecule has 0 fully saturated rings. The van der Waals surface area contributed by atoms with Crippen LogP contribution in [0.25, 0.3) is 33.4 Å². The van der Waals surface area contributed by atoms with Gasteiger partial charge in [0.25, 0.3) is 0 Å². The highest BCUT2D eigenvalue weighted by Gasteiger charge is 2.18. The lowest BCUT2D eigenvalue weighted by molar-refractivity contribution is 0.797. The van der Waals surface area contributed by atoms with Crippen molar-refractivity contribution in [3.8, 4) is 22.5 Å². The average molecular weight is 398 g/mol. The molecule has 0 bridgehead atoms. The summed E-state index contributed by atoms with van der Waals surface area (Å²) in [6.07, 6.45) is 1.87. The zero-order valence-corrected chi connectivity index (χ0v) is 16.7. The van der Waals surface area contributed by atoms with Crippen molar-refractivity contribution in [3.63, 3.8) is 0 Å². The molecule has 0 saturated heterocycles. The number of nitrogens with one attached hydrogen (secondary N) is 2. The Morgan fingerprint density at radius 2 is 2.15 bits per heavy atom. The number of hydrogen-bond acceptors (Lipinski definition) is 7. The monoisotopic (exact) mass is 397 g/mol. The Hall–Kier alpha value is -2.36. The fraction of sp³-hybridized carbons (Fsp3) is 0.222. The van der Waals surface area contributed by atoms with Gasteiger partial charge in [0.05, 0.1) is 11.7 Å². The van der Waals surface area contributed by atoms with Crippen LogP contribution >= 0.6 is 24.4 Å². The van der Waals surface area contributed by atoms with Crippen LogP contribution in [-0.4, -0.2) is 49.7 Å². The van der Waals surface area contributed by atoms with E-state index in [-0.39, 0.29) is 0 Å². The van der Waals surface area contributed by atoms with E-state index >= 15 is 0 Å². The Morgan fingerprint density at radius 3 is 2.93 bits per heavy atom. The predicted octanol–water partition coefficient (Wildman–Crippen LogP) is 3.02. The first-order chi connectivity index (χ1) is 13.2. The summed E-state index contributed by atoms with van der Waals surface area (Å²) in [6, 6.07) is 10.5. The van der Waals surface area contributed by atoms with Crippen LogP contribution < -0.4 is 5.32 Å². The average Bonchev–Trinajstić information content (AvgIpc) is 3.33. The number of tetrazole rings is 1. The van der Waals surface area contributed by atoms with Crippen molar-refractivity contribution >= 4 is 35.3 Å². The molecule has 0 amide bonds. The van der Waals surface area contributed by atoms with Crippen LogP contribution in [0.1, 0.15) is 0 Å². The molecule has 0 spiro atoms. The number of rotatable bonds is 6. The third-order valence-corrected chi connectivity index (χ3v) is 6.05. The molecular formula is C18H19N7S2. The van der Waals surface area contributed by atoms with E-state index in [1.807, 2.05) is 25.0 Å². The normalized spacial score (nSPS) is 11.4. The molecule has 0 aliphatic rings. The van der Waals surface area contributed by atoms with Crippen molar-refractivity contribution in [2.45, 2.75) is 9.79 Å². The topological polar surface area (TPSA) is 84.3 Å². The Bertz CT molecular complexity index is 1070. The summed E-state index contributed by atoms with van der Waals surface area (Å²) in [4.78, 5) is 1.96. The predicted molar refractivity (Wildman–Crippen MR) is 111 cm³/mol. The van der Waals surface area contributed by atoms with Gasteiger partial charge in [0, 0.05) is 40.1 Å². The molecule has 2 heterocycles. The van der Waals surface area contributed by atoms with E-state index < -0.39 is 0 Å². The van der Waals surface area contributed by atoms with Gasteiger partial charge in [0.1, 0.15) is 0 Å². The number of thiol groups is 1. The van der Waals surface area contributed by atoms with Gasteiger partial charge in [-0.1, -0.05) is 12.1 Å². The molecule has 7 nitrogen and oxygen atoms in total. The maximum Gasteiger partial charge on any atom is 0.206 e. The minimum Gasteiger partial charge on any atom is -0.319 e. The van der Waals surface area contributed by atoms with Crippen molar-refractivity contribution in [2.75, 3.05) is 19.3 Å². The molecule has 27 heavy (non-hydrogen) atoms. The fourth-order valence-electron chi connectivity index (χ4n) is 3.02. The van der Waals surface area contributed by atoms with Crippen molar-refractivity contribution in [2.24, 2.45) is 7.05 Å². The maximum atomic E-state index is 4.82. The van der Waals surface area contributed by atoms with E-state index in [0.29, 0.717) is 5.82 Å². The molecule has 0 atom stereocenters. The standard InChI is InChI=1S/C18H19N7S2/c1-19-7-8-27-15-6-4-13(16(17(15)26)18-21-23-24-22-18)11-3-5-14-12(9-11)10-20-25(14)2/h3-6,9-10,19,26H,7-8H2,1-2H3,(H,21,22,23,24). The molecule has 2 N–H and O–H groups in total. The van der Waals surface area contributed by atoms with Crippen LogP contribution in [0, 0.1) is 0 Å². The second-order valence-electron chi connectivity index (χ2n) is 6.06. The van der Waals surface area contributed by atoms with Gasteiger partial charge in [-0.15, -0.1) is 34.6 Å². The lowest BCUT2D eigenvalue weighted by Crippen LogP contribution is -2.09. The number of thioether (sulfide) groups is 1. The fourth-order valence-corrected chi connectivity index (χ4v) is 4.44. The smallest absolute Gasteiger partial charge is 0.206 e. The van der Waals surface area contributed by atoms with Gasteiger partial charge in [-0.2, -0.15) is 10.3 Å². The second-order valence-corrected chi connectivity index (χ2v) is 7.65. The van der Waals surface area contributed by atoms with Crippen LogP contribution in [0.5, 0.6) is 0 Å². The van der Waals surface area contributed by atoms with Crippen molar-refractivity contribution in [3.05, 3.63) is 36.5 Å². The van der Waals surface area contributed by atoms with Gasteiger partial charge in [-0.25, -0.2) is 0 Å². The number of nitrogens with zero attached hydrogens (tertiary/aromatic N) is 5. The van der Waals surface area contributed by atoms with Gasteiger partial charge in [-0.3, -0.25) is 4.68 Å². The van der Waals surface area contributed by atoms with E-state index in [2.05, 4.69) is 61.4 Å². The maximum absolute atomic E-state index is 4.82. The van der Waals surface area contributed by atoms with E-state index in [1.165, 1.54) is 0 Å². The summed E-state index contributed by atoms with van der Waals surface area (Å²) in [6.45, 7) is 0.925. The summed E-state index contributed by atoms with van der Waals surface area (Å²) < 4.78 is 1.87. The molecule has 0 unspecified atom stereocenters. The van der Waals surface area contributed by atoms with Crippen LogP contribution in [0.4, 0.5) is 0 Å². The summed E-state index contributed by atoms with van der Waals surface area (Å²) in [5.74, 6) is 1.49. The number of aryl methyl sites for hydroxylation is 1. The van der Waals surface area contributed by atoms with E-state index in [4.69, 9.17) is 12.6 Å². The molecule has 4 aromatic rings. The van der Waals surface area contributed by atoms with E-state index in [0.717, 1.165) is 49.7 Å². The molecule has 0 aliphatic carbocycles. The Balaban J connectivity index is 1.84. The molecule has 0 aliphatic heterocycles. The van der Waals surface area contributed by atoms with Crippen LogP contribution in [0.2, 0.25) is 0 Å². The lowest BCUT2D eigenvalue weighted by atomic mass is 9.98. The highest BCUT2D eigenvalue weighted by Crippen LogP contribution is 2.40. The van der Waals surface area contributed by atoms with E-state index in [9.17, 15) is 0 Å². The number of benzene rings is 2. The van der Waals surface area contributed by atoms with Crippen molar-refractivity contribution < 1.29 is 0 Å². The first-order valence-corrected chi connectivity index (χ1v) is 9.91. The van der Waals surface area contributed by atoms with Gasteiger partial charge < -0.3 is 5.32 Å². The number of fused-ring (bicyclic) bond motifs is 1. The van der Waals surface area contributed by atoms with Crippen LogP contribution in [0.15, 0.2) is 46.3 Å². The molecular weight excluding hydrogens is 378 g/mol. The first-order valence-electron chi connectivity index (χ1n) is 8.48. The quantitative estimate of drug-likeness (QED) is 0.263. The molecule has 138 valence electrons. The Morgan fingerprint density at radius 1 is 1.26 bits per heavy atom. The summed E-state index contributed by atoms with van der Waals surface area (Å²) in [5.41, 5.74) is 4.05. The van der Waals surface area contributed by atoms with E-state index in [1.54, 1.807) is 11.8 Å². The summed E-state index contributed by atoms with van der Waals surface area (Å²) in [7, 11) is 3.89. The van der Waals surface area contributed by atoms with Gasteiger partial charge in [0.15, 0.2) is 0 Å². The number of aromatic amines is 1. The van der Waals surface area contributed by atoms with Gasteiger partial charge in [0.2, 0.25) is 5.82 Å². The third-order valence-electron chi connectivity index (χ3n) is 4.38. The van der Waals surface area contributed by atoms with Crippen LogP contribution in [-0.2, 0) is 7.05 Å². The largest absolute Gasteiger partial charge is 0.319 e. The Kier molecular flexibility index (Phi) is 5.15. The summed E-state index contributed by atoms with van der Waals surface area (Å²) >= 11 is 6.57. The second kappa shape index (κ2) is 7.71. The third kappa shape index (κ3) is 3.45. The molecule has 0 saturated carbocycles. The van der Waals surface area contributed by atoms with Gasteiger partial charge in [-0.05, 0) is 41.6 Å². The van der Waals surface area contributed by atoms with Crippen molar-refractivity contribution in [1.29, 1.82) is 0 Å². The van der Waals surface area contributed by atoms with Crippen molar-refractivity contribution in [1.82, 2.24) is 35.7 Å². The number of hydrogen-bond donors (Lipinski definition) is 3. The Labute approximate surface area is 166 Å². The molecule has 4 rings (SSSR count). The highest BCUT2D eigenvalue weighted by atomic mass is 32.2. The number of aromatic nitrogens is 6. The molecule has 0 radical (unpaired) electrons. The van der Waals surface area contributed by atoms with Crippen LogP contribution in [0.3, 0.4) is 0 Å². The zero-order chi connectivity index (χ0) is 18.8. The lowest BCUT2D eigenvalue weighted by Gasteiger charge is -2.14. The molecule has 2 aromatic carbocycles. The first kappa shape index (κ1) is 18.0. The SMILES string of the molecule is CNCCSc1ccc(-c2ccc3c(cnn3C)c2)c(-c2nn[nH]n2)c1S. The number of H-pyrrole nitrogens is 1. The highest BCUT2D eigenvalue weighted by molar-refractivity contribution is 7.99. The van der Waals surface area contributed by atoms with Gasteiger partial charge >= 0.3 is 0 Å². The minimum atomic E-state index is 0.539. The minimum absolute atomic E-state index is 0.539. The summed E-state index contributed by atoms with van der Waals surface area (Å²) in [5, 5.41) is 23.3. The molecule has 9 heteroatoms. The zero-order valence-electron chi connectivity index (χ0n) is 15.0.